The molecule has 1 aliphatic heterocycles. The van der Waals surface area contributed by atoms with Crippen LogP contribution in [0, 0.1) is 12.3 Å². The lowest BCUT2D eigenvalue weighted by molar-refractivity contribution is -0.143. The van der Waals surface area contributed by atoms with Gasteiger partial charge in [0, 0.05) is 38.1 Å². The second kappa shape index (κ2) is 6.79. The first-order valence-corrected chi connectivity index (χ1v) is 9.15. The second-order valence-corrected chi connectivity index (χ2v) is 7.98. The molecule has 1 saturated carbocycles. The summed E-state index contributed by atoms with van der Waals surface area (Å²) in [6.45, 7) is 8.02. The second-order valence-electron chi connectivity index (χ2n) is 7.98. The number of carbonyl (C=O) groups is 2. The fourth-order valence-electron chi connectivity index (χ4n) is 3.60. The van der Waals surface area contributed by atoms with Crippen LogP contribution in [-0.2, 0) is 16.1 Å². The molecule has 0 bridgehead atoms. The normalized spacial score (nSPS) is 25.8. The third kappa shape index (κ3) is 3.87. The van der Waals surface area contributed by atoms with Crippen molar-refractivity contribution >= 4 is 11.8 Å². The lowest BCUT2D eigenvalue weighted by atomic mass is 10.0. The minimum absolute atomic E-state index is 0.129. The highest BCUT2D eigenvalue weighted by Crippen LogP contribution is 2.45. The van der Waals surface area contributed by atoms with Crippen LogP contribution in [0.15, 0.2) is 24.3 Å². The Balaban J connectivity index is 1.72. The summed E-state index contributed by atoms with van der Waals surface area (Å²) >= 11 is 0. The maximum absolute atomic E-state index is 12.4. The van der Waals surface area contributed by atoms with Crippen LogP contribution in [0.25, 0.3) is 0 Å². The van der Waals surface area contributed by atoms with E-state index in [4.69, 9.17) is 0 Å². The maximum Gasteiger partial charge on any atom is 0.239 e. The summed E-state index contributed by atoms with van der Waals surface area (Å²) in [5.74, 6) is 0.291. The van der Waals surface area contributed by atoms with Gasteiger partial charge in [-0.25, -0.2) is 0 Å². The number of hydrogen-bond donors (Lipinski definition) is 1. The average Bonchev–Trinajstić information content (AvgIpc) is 3.32. The van der Waals surface area contributed by atoms with E-state index >= 15 is 0 Å². The summed E-state index contributed by atoms with van der Waals surface area (Å²) in [5.41, 5.74) is 2.26. The van der Waals surface area contributed by atoms with E-state index in [1.165, 1.54) is 11.1 Å². The Bertz CT molecular complexity index is 669. The Hall–Kier alpha value is -1.88. The van der Waals surface area contributed by atoms with Crippen molar-refractivity contribution in [1.82, 2.24) is 15.1 Å². The number of nitrogens with one attached hydrogen (secondary N) is 1. The van der Waals surface area contributed by atoms with Gasteiger partial charge in [-0.2, -0.15) is 0 Å². The molecule has 1 saturated heterocycles. The first-order valence-electron chi connectivity index (χ1n) is 9.15. The van der Waals surface area contributed by atoms with Gasteiger partial charge in [-0.15, -0.1) is 0 Å². The van der Waals surface area contributed by atoms with Crippen molar-refractivity contribution in [1.29, 1.82) is 0 Å². The summed E-state index contributed by atoms with van der Waals surface area (Å²) in [6.07, 6.45) is 1.95. The van der Waals surface area contributed by atoms with Crippen LogP contribution >= 0.6 is 0 Å². The van der Waals surface area contributed by atoms with Gasteiger partial charge in [0.2, 0.25) is 11.8 Å². The molecular weight excluding hydrogens is 314 g/mol. The molecule has 1 heterocycles. The van der Waals surface area contributed by atoms with Crippen molar-refractivity contribution < 1.29 is 9.59 Å². The van der Waals surface area contributed by atoms with Crippen LogP contribution in [0.2, 0.25) is 0 Å². The summed E-state index contributed by atoms with van der Waals surface area (Å²) < 4.78 is 0. The van der Waals surface area contributed by atoms with E-state index in [0.29, 0.717) is 13.1 Å². The number of likely N-dealkylation sites (N-methyl/N-ethyl adjacent to an activating group) is 1. The number of aryl methyl sites for hydroxylation is 1. The van der Waals surface area contributed by atoms with Crippen LogP contribution < -0.4 is 5.32 Å². The SMILES string of the molecule is Cc1cccc(CN2[C@H](CNC(=O)C3(C)CC3)CN(C)C(=O)[C@@H]2C)c1. The van der Waals surface area contributed by atoms with Gasteiger partial charge in [-0.3, -0.25) is 14.5 Å². The van der Waals surface area contributed by atoms with Gasteiger partial charge < -0.3 is 10.2 Å². The van der Waals surface area contributed by atoms with Gasteiger partial charge in [0.25, 0.3) is 0 Å². The van der Waals surface area contributed by atoms with Crippen molar-refractivity contribution in [3.63, 3.8) is 0 Å². The molecule has 2 atom stereocenters. The Morgan fingerprint density at radius 3 is 2.72 bits per heavy atom. The molecule has 2 amide bonds. The summed E-state index contributed by atoms with van der Waals surface area (Å²) in [5, 5.41) is 3.12. The zero-order valence-corrected chi connectivity index (χ0v) is 15.7. The number of rotatable bonds is 5. The monoisotopic (exact) mass is 343 g/mol. The summed E-state index contributed by atoms with van der Waals surface area (Å²) in [7, 11) is 1.85. The molecule has 25 heavy (non-hydrogen) atoms. The lowest BCUT2D eigenvalue weighted by Crippen LogP contribution is -2.62. The van der Waals surface area contributed by atoms with Crippen LogP contribution in [0.5, 0.6) is 0 Å². The van der Waals surface area contributed by atoms with Gasteiger partial charge in [-0.1, -0.05) is 36.8 Å². The number of amides is 2. The number of hydrogen-bond acceptors (Lipinski definition) is 3. The predicted molar refractivity (Wildman–Crippen MR) is 98.0 cm³/mol. The molecule has 2 aliphatic rings. The predicted octanol–water partition coefficient (Wildman–Crippen LogP) is 1.94. The van der Waals surface area contributed by atoms with Crippen molar-refractivity contribution in [2.24, 2.45) is 5.41 Å². The maximum atomic E-state index is 12.4. The highest BCUT2D eigenvalue weighted by atomic mass is 16.2. The fourth-order valence-corrected chi connectivity index (χ4v) is 3.60. The molecule has 2 fully saturated rings. The summed E-state index contributed by atoms with van der Waals surface area (Å²) in [4.78, 5) is 28.8. The van der Waals surface area contributed by atoms with Gasteiger partial charge >= 0.3 is 0 Å². The molecule has 1 aromatic rings. The molecule has 3 rings (SSSR count). The third-order valence-corrected chi connectivity index (χ3v) is 5.68. The first kappa shape index (κ1) is 17.9. The van der Waals surface area contributed by atoms with Gasteiger partial charge in [0.15, 0.2) is 0 Å². The Morgan fingerprint density at radius 1 is 1.36 bits per heavy atom. The number of benzene rings is 1. The van der Waals surface area contributed by atoms with Gasteiger partial charge in [0.05, 0.1) is 6.04 Å². The minimum atomic E-state index is -0.183. The molecular formula is C20H29N3O2. The number of nitrogens with zero attached hydrogens (tertiary/aromatic N) is 2. The molecule has 1 N–H and O–H groups in total. The Labute approximate surface area is 150 Å². The average molecular weight is 343 g/mol. The molecule has 0 spiro atoms. The topological polar surface area (TPSA) is 52.7 Å². The largest absolute Gasteiger partial charge is 0.354 e. The van der Waals surface area contributed by atoms with E-state index in [0.717, 1.165) is 19.4 Å². The van der Waals surface area contributed by atoms with Crippen LogP contribution in [-0.4, -0.2) is 53.8 Å². The van der Waals surface area contributed by atoms with E-state index in [-0.39, 0.29) is 29.3 Å². The summed E-state index contributed by atoms with van der Waals surface area (Å²) in [6, 6.07) is 8.34. The molecule has 5 heteroatoms. The van der Waals surface area contributed by atoms with E-state index in [2.05, 4.69) is 41.4 Å². The van der Waals surface area contributed by atoms with Crippen molar-refractivity contribution in [2.75, 3.05) is 20.1 Å². The molecule has 136 valence electrons. The highest BCUT2D eigenvalue weighted by molar-refractivity contribution is 5.85. The van der Waals surface area contributed by atoms with E-state index in [9.17, 15) is 9.59 Å². The molecule has 1 aromatic carbocycles. The lowest BCUT2D eigenvalue weighted by Gasteiger charge is -2.44. The first-order chi connectivity index (χ1) is 11.8. The van der Waals surface area contributed by atoms with Crippen LogP contribution in [0.4, 0.5) is 0 Å². The van der Waals surface area contributed by atoms with E-state index in [1.54, 1.807) is 4.90 Å². The molecule has 0 aromatic heterocycles. The van der Waals surface area contributed by atoms with E-state index in [1.807, 2.05) is 20.9 Å². The highest BCUT2D eigenvalue weighted by Gasteiger charge is 2.45. The van der Waals surface area contributed by atoms with Crippen LogP contribution in [0.3, 0.4) is 0 Å². The molecule has 0 radical (unpaired) electrons. The zero-order valence-electron chi connectivity index (χ0n) is 15.7. The minimum Gasteiger partial charge on any atom is -0.354 e. The molecule has 1 aliphatic carbocycles. The number of carbonyl (C=O) groups excluding carboxylic acids is 2. The Kier molecular flexibility index (Phi) is 4.87. The van der Waals surface area contributed by atoms with Gasteiger partial charge in [-0.05, 0) is 32.3 Å². The molecule has 0 unspecified atom stereocenters. The number of piperazine rings is 1. The van der Waals surface area contributed by atoms with Crippen LogP contribution in [0.1, 0.15) is 37.8 Å². The van der Waals surface area contributed by atoms with Crippen molar-refractivity contribution in [3.8, 4) is 0 Å². The Morgan fingerprint density at radius 2 is 2.08 bits per heavy atom. The quantitative estimate of drug-likeness (QED) is 0.889. The van der Waals surface area contributed by atoms with Crippen molar-refractivity contribution in [2.45, 2.75) is 52.2 Å². The smallest absolute Gasteiger partial charge is 0.239 e. The van der Waals surface area contributed by atoms with Crippen molar-refractivity contribution in [3.05, 3.63) is 35.4 Å². The molecule has 5 nitrogen and oxygen atoms in total. The zero-order chi connectivity index (χ0) is 18.2. The van der Waals surface area contributed by atoms with E-state index < -0.39 is 0 Å². The third-order valence-electron chi connectivity index (χ3n) is 5.68. The fraction of sp³-hybridized carbons (Fsp3) is 0.600. The van der Waals surface area contributed by atoms with Gasteiger partial charge in [0.1, 0.15) is 0 Å². The standard InChI is InChI=1S/C20H29N3O2/c1-14-6-5-7-16(10-14)12-23-15(2)18(24)22(4)13-17(23)11-21-19(25)20(3)8-9-20/h5-7,10,15,17H,8-9,11-13H2,1-4H3,(H,21,25)/t15-,17+/m0/s1.